The van der Waals surface area contributed by atoms with Gasteiger partial charge in [0, 0.05) is 25.3 Å². The van der Waals surface area contributed by atoms with Crippen LogP contribution in [0.3, 0.4) is 0 Å². The molecule has 1 amide bonds. The number of carbonyl (C=O) groups is 1. The summed E-state index contributed by atoms with van der Waals surface area (Å²) in [6.07, 6.45) is 8.61. The molecule has 0 radical (unpaired) electrons. The van der Waals surface area contributed by atoms with Crippen LogP contribution in [0.5, 0.6) is 0 Å². The first-order chi connectivity index (χ1) is 12.5. The number of aromatic nitrogens is 2. The number of hydrogen-bond donors (Lipinski definition) is 2. The minimum absolute atomic E-state index is 0.104. The van der Waals surface area contributed by atoms with E-state index in [1.54, 1.807) is 6.20 Å². The van der Waals surface area contributed by atoms with E-state index in [2.05, 4.69) is 20.2 Å². The molecule has 1 aromatic rings. The first kappa shape index (κ1) is 16.8. The SMILES string of the molecule is O=C(NC1C2CC3CC1CC(O)(C3)C2)c1cnc(Cl)nc1N1CCCC1. The van der Waals surface area contributed by atoms with Gasteiger partial charge in [0.25, 0.3) is 5.91 Å². The largest absolute Gasteiger partial charge is 0.390 e. The summed E-state index contributed by atoms with van der Waals surface area (Å²) in [7, 11) is 0. The standard InChI is InChI=1S/C19H25ClN4O2/c20-18-21-10-14(16(23-18)24-3-1-2-4-24)17(25)22-15-12-5-11-6-13(15)9-19(26,7-11)8-12/h10-13,15,26H,1-9H2,(H,22,25). The molecule has 1 saturated heterocycles. The first-order valence-electron chi connectivity index (χ1n) is 9.81. The Kier molecular flexibility index (Phi) is 3.90. The topological polar surface area (TPSA) is 78.3 Å². The van der Waals surface area contributed by atoms with E-state index in [-0.39, 0.29) is 17.2 Å². The quantitative estimate of drug-likeness (QED) is 0.792. The number of halogens is 1. The molecule has 0 aromatic carbocycles. The molecular weight excluding hydrogens is 352 g/mol. The van der Waals surface area contributed by atoms with Gasteiger partial charge in [-0.1, -0.05) is 0 Å². The van der Waals surface area contributed by atoms with Crippen LogP contribution in [-0.2, 0) is 0 Å². The van der Waals surface area contributed by atoms with Gasteiger partial charge in [0.15, 0.2) is 0 Å². The zero-order valence-electron chi connectivity index (χ0n) is 14.8. The van der Waals surface area contributed by atoms with Crippen molar-refractivity contribution in [1.29, 1.82) is 0 Å². The molecule has 2 atom stereocenters. The minimum atomic E-state index is -0.484. The van der Waals surface area contributed by atoms with Gasteiger partial charge in [0.05, 0.1) is 5.60 Å². The van der Waals surface area contributed by atoms with E-state index in [9.17, 15) is 9.90 Å². The zero-order chi connectivity index (χ0) is 17.9. The molecule has 4 bridgehead atoms. The van der Waals surface area contributed by atoms with E-state index in [1.165, 1.54) is 0 Å². The molecule has 2 N–H and O–H groups in total. The molecular formula is C19H25ClN4O2. The predicted octanol–water partition coefficient (Wildman–Crippen LogP) is 2.40. The van der Waals surface area contributed by atoms with E-state index in [4.69, 9.17) is 11.6 Å². The van der Waals surface area contributed by atoms with Gasteiger partial charge in [-0.05, 0) is 74.3 Å². The van der Waals surface area contributed by atoms with E-state index in [1.807, 2.05) is 0 Å². The maximum Gasteiger partial charge on any atom is 0.256 e. The molecule has 1 aliphatic heterocycles. The number of nitrogens with one attached hydrogen (secondary N) is 1. The molecule has 1 aromatic heterocycles. The van der Waals surface area contributed by atoms with Gasteiger partial charge in [-0.25, -0.2) is 4.98 Å². The Morgan fingerprint density at radius 3 is 2.58 bits per heavy atom. The smallest absolute Gasteiger partial charge is 0.256 e. The van der Waals surface area contributed by atoms with Gasteiger partial charge in [-0.15, -0.1) is 0 Å². The van der Waals surface area contributed by atoms with Crippen molar-refractivity contribution in [2.45, 2.75) is 56.6 Å². The summed E-state index contributed by atoms with van der Waals surface area (Å²) in [6.45, 7) is 1.80. The van der Waals surface area contributed by atoms with Crippen molar-refractivity contribution < 1.29 is 9.90 Å². The molecule has 4 saturated carbocycles. The molecule has 2 unspecified atom stereocenters. The highest BCUT2D eigenvalue weighted by molar-refractivity contribution is 6.28. The number of rotatable bonds is 3. The Hall–Kier alpha value is -1.40. The van der Waals surface area contributed by atoms with Gasteiger partial charge in [-0.3, -0.25) is 4.79 Å². The number of anilines is 1. The molecule has 4 aliphatic carbocycles. The van der Waals surface area contributed by atoms with Gasteiger partial charge in [-0.2, -0.15) is 4.98 Å². The fourth-order valence-electron chi connectivity index (χ4n) is 6.13. The van der Waals surface area contributed by atoms with Gasteiger partial charge >= 0.3 is 0 Å². The van der Waals surface area contributed by atoms with Crippen LogP contribution >= 0.6 is 11.6 Å². The Labute approximate surface area is 158 Å². The minimum Gasteiger partial charge on any atom is -0.390 e. The third-order valence-electron chi connectivity index (χ3n) is 6.93. The van der Waals surface area contributed by atoms with Crippen molar-refractivity contribution in [1.82, 2.24) is 15.3 Å². The number of amides is 1. The summed E-state index contributed by atoms with van der Waals surface area (Å²) in [5.41, 5.74) is 0.0331. The molecule has 26 heavy (non-hydrogen) atoms. The van der Waals surface area contributed by atoms with Crippen LogP contribution in [0.4, 0.5) is 5.82 Å². The normalized spacial score (nSPS) is 38.0. The highest BCUT2D eigenvalue weighted by atomic mass is 35.5. The molecule has 2 heterocycles. The molecule has 5 aliphatic rings. The zero-order valence-corrected chi connectivity index (χ0v) is 15.6. The Morgan fingerprint density at radius 1 is 1.23 bits per heavy atom. The Balaban J connectivity index is 1.38. The van der Waals surface area contributed by atoms with Gasteiger partial charge < -0.3 is 15.3 Å². The lowest BCUT2D eigenvalue weighted by Gasteiger charge is -2.58. The molecule has 0 spiro atoms. The van der Waals surface area contributed by atoms with Crippen LogP contribution in [0.1, 0.15) is 55.3 Å². The molecule has 6 rings (SSSR count). The van der Waals surface area contributed by atoms with E-state index >= 15 is 0 Å². The Bertz CT molecular complexity index is 720. The fourth-order valence-corrected chi connectivity index (χ4v) is 6.26. The van der Waals surface area contributed by atoms with Crippen LogP contribution < -0.4 is 10.2 Å². The predicted molar refractivity (Wildman–Crippen MR) is 98.2 cm³/mol. The fraction of sp³-hybridized carbons (Fsp3) is 0.737. The van der Waals surface area contributed by atoms with Crippen LogP contribution in [-0.4, -0.2) is 45.7 Å². The van der Waals surface area contributed by atoms with E-state index in [0.29, 0.717) is 29.1 Å². The lowest BCUT2D eigenvalue weighted by Crippen LogP contribution is -2.61. The van der Waals surface area contributed by atoms with Crippen molar-refractivity contribution in [2.24, 2.45) is 17.8 Å². The third kappa shape index (κ3) is 2.78. The van der Waals surface area contributed by atoms with Crippen molar-refractivity contribution in [3.8, 4) is 0 Å². The maximum absolute atomic E-state index is 13.1. The van der Waals surface area contributed by atoms with Crippen LogP contribution in [0.25, 0.3) is 0 Å². The second kappa shape index (κ2) is 6.06. The third-order valence-corrected chi connectivity index (χ3v) is 7.11. The second-order valence-corrected chi connectivity index (χ2v) is 9.10. The Morgan fingerprint density at radius 2 is 1.92 bits per heavy atom. The lowest BCUT2D eigenvalue weighted by molar-refractivity contribution is -0.136. The summed E-state index contributed by atoms with van der Waals surface area (Å²) < 4.78 is 0. The highest BCUT2D eigenvalue weighted by Gasteiger charge is 2.55. The number of nitrogens with zero attached hydrogens (tertiary/aromatic N) is 3. The highest BCUT2D eigenvalue weighted by Crippen LogP contribution is 2.55. The van der Waals surface area contributed by atoms with Crippen molar-refractivity contribution in [3.63, 3.8) is 0 Å². The van der Waals surface area contributed by atoms with Crippen molar-refractivity contribution in [3.05, 3.63) is 17.0 Å². The monoisotopic (exact) mass is 376 g/mol. The van der Waals surface area contributed by atoms with Crippen LogP contribution in [0.15, 0.2) is 6.20 Å². The average Bonchev–Trinajstić information content (AvgIpc) is 3.11. The van der Waals surface area contributed by atoms with E-state index in [0.717, 1.165) is 58.0 Å². The van der Waals surface area contributed by atoms with Gasteiger partial charge in [0.2, 0.25) is 5.28 Å². The van der Waals surface area contributed by atoms with Crippen molar-refractivity contribution >= 4 is 23.3 Å². The number of aliphatic hydroxyl groups is 1. The van der Waals surface area contributed by atoms with Crippen molar-refractivity contribution in [2.75, 3.05) is 18.0 Å². The molecule has 5 fully saturated rings. The average molecular weight is 377 g/mol. The number of carbonyl (C=O) groups excluding carboxylic acids is 1. The summed E-state index contributed by atoms with van der Waals surface area (Å²) in [6, 6.07) is 0.154. The first-order valence-corrected chi connectivity index (χ1v) is 10.2. The summed E-state index contributed by atoms with van der Waals surface area (Å²) >= 11 is 6.00. The maximum atomic E-state index is 13.1. The molecule has 6 nitrogen and oxygen atoms in total. The number of hydrogen-bond acceptors (Lipinski definition) is 5. The summed E-state index contributed by atoms with van der Waals surface area (Å²) in [5.74, 6) is 1.96. The van der Waals surface area contributed by atoms with Gasteiger partial charge in [0.1, 0.15) is 11.4 Å². The second-order valence-electron chi connectivity index (χ2n) is 8.76. The molecule has 7 heteroatoms. The van der Waals surface area contributed by atoms with E-state index < -0.39 is 5.60 Å². The lowest BCUT2D eigenvalue weighted by atomic mass is 9.52. The molecule has 140 valence electrons. The van der Waals surface area contributed by atoms with Crippen LogP contribution in [0.2, 0.25) is 5.28 Å². The summed E-state index contributed by atoms with van der Waals surface area (Å²) in [4.78, 5) is 23.6. The summed E-state index contributed by atoms with van der Waals surface area (Å²) in [5, 5.41) is 14.2. The van der Waals surface area contributed by atoms with Crippen LogP contribution in [0, 0.1) is 17.8 Å².